The zero-order valence-electron chi connectivity index (χ0n) is 11.4. The molecule has 7 heteroatoms. The first-order valence-electron chi connectivity index (χ1n) is 6.03. The average Bonchev–Trinajstić information content (AvgIpc) is 2.46. The molecule has 112 valence electrons. The van der Waals surface area contributed by atoms with Crippen LogP contribution in [-0.4, -0.2) is 31.4 Å². The van der Waals surface area contributed by atoms with Crippen LogP contribution in [0.1, 0.15) is 16.8 Å². The second-order valence-corrected chi connectivity index (χ2v) is 4.41. The van der Waals surface area contributed by atoms with Crippen LogP contribution in [0.15, 0.2) is 30.9 Å². The highest BCUT2D eigenvalue weighted by Gasteiger charge is 2.13. The van der Waals surface area contributed by atoms with Gasteiger partial charge in [0.1, 0.15) is 6.42 Å². The number of carbonyl (C=O) groups excluding carboxylic acids is 3. The van der Waals surface area contributed by atoms with Crippen LogP contribution in [0.25, 0.3) is 0 Å². The molecule has 0 spiro atoms. The van der Waals surface area contributed by atoms with Crippen LogP contribution < -0.4 is 10.6 Å². The van der Waals surface area contributed by atoms with E-state index in [1.54, 1.807) is 0 Å². The van der Waals surface area contributed by atoms with Gasteiger partial charge in [-0.1, -0.05) is 17.7 Å². The number of anilines is 1. The lowest BCUT2D eigenvalue weighted by molar-refractivity contribution is -0.126. The molecule has 0 heterocycles. The minimum atomic E-state index is -0.550. The standard InChI is InChI=1S/C14H15ClN2O4/c1-3-6-16-12(18)8-13(19)17-11-7-9(14(20)21-2)4-5-10(11)15/h3-5,7H,1,6,8H2,2H3,(H,16,18)(H,17,19). The van der Waals surface area contributed by atoms with Gasteiger partial charge in [0.2, 0.25) is 11.8 Å². The highest BCUT2D eigenvalue weighted by molar-refractivity contribution is 6.34. The van der Waals surface area contributed by atoms with E-state index < -0.39 is 17.8 Å². The molecule has 0 saturated heterocycles. The van der Waals surface area contributed by atoms with Gasteiger partial charge in [-0.15, -0.1) is 6.58 Å². The van der Waals surface area contributed by atoms with Crippen molar-refractivity contribution in [1.82, 2.24) is 5.32 Å². The molecule has 0 saturated carbocycles. The molecule has 21 heavy (non-hydrogen) atoms. The Morgan fingerprint density at radius 1 is 1.33 bits per heavy atom. The Labute approximate surface area is 127 Å². The topological polar surface area (TPSA) is 84.5 Å². The number of hydrogen-bond acceptors (Lipinski definition) is 4. The van der Waals surface area contributed by atoms with Gasteiger partial charge in [0.15, 0.2) is 0 Å². The predicted molar refractivity (Wildman–Crippen MR) is 79.2 cm³/mol. The molecule has 1 aromatic carbocycles. The summed E-state index contributed by atoms with van der Waals surface area (Å²) in [5.74, 6) is -1.53. The summed E-state index contributed by atoms with van der Waals surface area (Å²) in [5, 5.41) is 5.20. The van der Waals surface area contributed by atoms with Crippen molar-refractivity contribution in [3.05, 3.63) is 41.4 Å². The van der Waals surface area contributed by atoms with Gasteiger partial charge >= 0.3 is 5.97 Å². The van der Waals surface area contributed by atoms with Crippen LogP contribution in [-0.2, 0) is 14.3 Å². The highest BCUT2D eigenvalue weighted by atomic mass is 35.5. The number of nitrogens with one attached hydrogen (secondary N) is 2. The summed E-state index contributed by atoms with van der Waals surface area (Å²) in [5.41, 5.74) is 0.481. The molecule has 0 bridgehead atoms. The third-order valence-electron chi connectivity index (χ3n) is 2.43. The van der Waals surface area contributed by atoms with E-state index in [0.717, 1.165) is 0 Å². The monoisotopic (exact) mass is 310 g/mol. The van der Waals surface area contributed by atoms with E-state index in [-0.39, 0.29) is 29.2 Å². The maximum Gasteiger partial charge on any atom is 0.337 e. The van der Waals surface area contributed by atoms with Crippen molar-refractivity contribution in [1.29, 1.82) is 0 Å². The summed E-state index contributed by atoms with van der Waals surface area (Å²) >= 11 is 5.93. The molecule has 1 rings (SSSR count). The van der Waals surface area contributed by atoms with E-state index in [4.69, 9.17) is 11.6 Å². The third kappa shape index (κ3) is 5.27. The Balaban J connectivity index is 2.73. The van der Waals surface area contributed by atoms with Crippen LogP contribution in [0.5, 0.6) is 0 Å². The molecule has 6 nitrogen and oxygen atoms in total. The quantitative estimate of drug-likeness (QED) is 0.476. The number of carbonyl (C=O) groups is 3. The Bertz CT molecular complexity index is 572. The number of esters is 1. The Morgan fingerprint density at radius 3 is 2.67 bits per heavy atom. The van der Waals surface area contributed by atoms with Gasteiger partial charge in [0, 0.05) is 6.54 Å². The molecule has 2 amide bonds. The fraction of sp³-hybridized carbons (Fsp3) is 0.214. The molecule has 0 aromatic heterocycles. The summed E-state index contributed by atoms with van der Waals surface area (Å²) in [4.78, 5) is 34.5. The summed E-state index contributed by atoms with van der Waals surface area (Å²) in [7, 11) is 1.25. The van der Waals surface area contributed by atoms with Crippen molar-refractivity contribution in [3.63, 3.8) is 0 Å². The van der Waals surface area contributed by atoms with E-state index in [0.29, 0.717) is 0 Å². The predicted octanol–water partition coefficient (Wildman–Crippen LogP) is 1.76. The maximum absolute atomic E-state index is 11.7. The van der Waals surface area contributed by atoms with E-state index in [9.17, 15) is 14.4 Å². The minimum absolute atomic E-state index is 0.237. The molecular weight excluding hydrogens is 296 g/mol. The fourth-order valence-electron chi connectivity index (χ4n) is 1.45. The van der Waals surface area contributed by atoms with E-state index >= 15 is 0 Å². The number of hydrogen-bond donors (Lipinski definition) is 2. The second kappa shape index (κ2) is 8.06. The molecule has 0 aliphatic carbocycles. The Kier molecular flexibility index (Phi) is 6.42. The van der Waals surface area contributed by atoms with Gasteiger partial charge < -0.3 is 15.4 Å². The third-order valence-corrected chi connectivity index (χ3v) is 2.76. The lowest BCUT2D eigenvalue weighted by Gasteiger charge is -2.09. The smallest absolute Gasteiger partial charge is 0.337 e. The first-order valence-corrected chi connectivity index (χ1v) is 6.41. The molecule has 0 unspecified atom stereocenters. The second-order valence-electron chi connectivity index (χ2n) is 4.00. The molecule has 2 N–H and O–H groups in total. The lowest BCUT2D eigenvalue weighted by atomic mass is 10.2. The highest BCUT2D eigenvalue weighted by Crippen LogP contribution is 2.23. The molecule has 0 aliphatic heterocycles. The van der Waals surface area contributed by atoms with Gasteiger partial charge in [-0.25, -0.2) is 4.79 Å². The zero-order valence-corrected chi connectivity index (χ0v) is 12.2. The zero-order chi connectivity index (χ0) is 15.8. The normalized spacial score (nSPS) is 9.62. The molecule has 1 aromatic rings. The van der Waals surface area contributed by atoms with E-state index in [1.165, 1.54) is 31.4 Å². The van der Waals surface area contributed by atoms with E-state index in [1.807, 2.05) is 0 Å². The first-order chi connectivity index (χ1) is 9.97. The summed E-state index contributed by atoms with van der Waals surface area (Å²) in [6.45, 7) is 3.73. The number of methoxy groups -OCH3 is 1. The average molecular weight is 311 g/mol. The van der Waals surface area contributed by atoms with Crippen LogP contribution in [0.4, 0.5) is 5.69 Å². The number of benzene rings is 1. The number of amides is 2. The summed E-state index contributed by atoms with van der Waals surface area (Å²) < 4.78 is 4.58. The van der Waals surface area contributed by atoms with Crippen molar-refractivity contribution in [2.24, 2.45) is 0 Å². The van der Waals surface area contributed by atoms with Crippen molar-refractivity contribution in [2.75, 3.05) is 19.0 Å². The van der Waals surface area contributed by atoms with Crippen LogP contribution in [0.3, 0.4) is 0 Å². The molecule has 0 fully saturated rings. The molecule has 0 radical (unpaired) electrons. The summed E-state index contributed by atoms with van der Waals surface area (Å²) in [6, 6.07) is 4.32. The van der Waals surface area contributed by atoms with Gasteiger partial charge in [0.05, 0.1) is 23.4 Å². The fourth-order valence-corrected chi connectivity index (χ4v) is 1.62. The van der Waals surface area contributed by atoms with Gasteiger partial charge in [-0.2, -0.15) is 0 Å². The van der Waals surface area contributed by atoms with Crippen molar-refractivity contribution in [2.45, 2.75) is 6.42 Å². The van der Waals surface area contributed by atoms with Crippen molar-refractivity contribution in [3.8, 4) is 0 Å². The number of ether oxygens (including phenoxy) is 1. The van der Waals surface area contributed by atoms with E-state index in [2.05, 4.69) is 21.9 Å². The van der Waals surface area contributed by atoms with Gasteiger partial charge in [0.25, 0.3) is 0 Å². The minimum Gasteiger partial charge on any atom is -0.465 e. The first kappa shape index (κ1) is 16.7. The number of halogens is 1. The van der Waals surface area contributed by atoms with Crippen molar-refractivity contribution < 1.29 is 19.1 Å². The molecule has 0 atom stereocenters. The lowest BCUT2D eigenvalue weighted by Crippen LogP contribution is -2.28. The van der Waals surface area contributed by atoms with Crippen LogP contribution in [0.2, 0.25) is 5.02 Å². The maximum atomic E-state index is 11.7. The number of rotatable bonds is 6. The van der Waals surface area contributed by atoms with Crippen LogP contribution in [0, 0.1) is 0 Å². The van der Waals surface area contributed by atoms with Crippen molar-refractivity contribution >= 4 is 35.1 Å². The summed E-state index contributed by atoms with van der Waals surface area (Å²) in [6.07, 6.45) is 1.15. The van der Waals surface area contributed by atoms with Gasteiger partial charge in [-0.3, -0.25) is 9.59 Å². The largest absolute Gasteiger partial charge is 0.465 e. The Hall–Kier alpha value is -2.34. The molecular formula is C14H15ClN2O4. The Morgan fingerprint density at radius 2 is 2.05 bits per heavy atom. The van der Waals surface area contributed by atoms with Crippen LogP contribution >= 0.6 is 11.6 Å². The van der Waals surface area contributed by atoms with Gasteiger partial charge in [-0.05, 0) is 18.2 Å². The SMILES string of the molecule is C=CCNC(=O)CC(=O)Nc1cc(C(=O)OC)ccc1Cl. The molecule has 0 aliphatic rings.